The van der Waals surface area contributed by atoms with Crippen LogP contribution in [0.3, 0.4) is 0 Å². The number of carbonyl (C=O) groups excluding carboxylic acids is 2. The van der Waals surface area contributed by atoms with E-state index in [1.165, 1.54) is 25.0 Å². The molecule has 0 bridgehead atoms. The van der Waals surface area contributed by atoms with E-state index in [1.54, 1.807) is 12.1 Å². The molecule has 0 spiro atoms. The Hall–Kier alpha value is -1.91. The summed E-state index contributed by atoms with van der Waals surface area (Å²) in [5.74, 6) is -0.0401. The summed E-state index contributed by atoms with van der Waals surface area (Å²) in [4.78, 5) is 23.6. The lowest BCUT2D eigenvalue weighted by atomic mass is 9.99. The van der Waals surface area contributed by atoms with Crippen LogP contribution >= 0.6 is 0 Å². The molecule has 0 saturated heterocycles. The summed E-state index contributed by atoms with van der Waals surface area (Å²) >= 11 is 0. The molecular formula is C19H29FN2O2. The predicted molar refractivity (Wildman–Crippen MR) is 93.8 cm³/mol. The first-order chi connectivity index (χ1) is 11.5. The highest BCUT2D eigenvalue weighted by Crippen LogP contribution is 2.11. The molecule has 0 aliphatic rings. The molecule has 1 aromatic carbocycles. The maximum Gasteiger partial charge on any atom is 0.220 e. The number of halogens is 1. The summed E-state index contributed by atoms with van der Waals surface area (Å²) in [5, 5.41) is 5.65. The van der Waals surface area contributed by atoms with Gasteiger partial charge in [-0.05, 0) is 30.0 Å². The van der Waals surface area contributed by atoms with Crippen molar-refractivity contribution in [2.45, 2.75) is 58.9 Å². The van der Waals surface area contributed by atoms with Gasteiger partial charge in [-0.2, -0.15) is 0 Å². The van der Waals surface area contributed by atoms with E-state index in [9.17, 15) is 14.0 Å². The van der Waals surface area contributed by atoms with Gasteiger partial charge in [0.15, 0.2) is 0 Å². The Morgan fingerprint density at radius 3 is 2.25 bits per heavy atom. The van der Waals surface area contributed by atoms with Crippen molar-refractivity contribution in [3.05, 3.63) is 35.6 Å². The molecule has 0 aromatic heterocycles. The van der Waals surface area contributed by atoms with Crippen LogP contribution in [0.15, 0.2) is 24.3 Å². The molecule has 0 radical (unpaired) electrons. The van der Waals surface area contributed by atoms with E-state index < -0.39 is 0 Å². The fourth-order valence-electron chi connectivity index (χ4n) is 2.41. The molecule has 24 heavy (non-hydrogen) atoms. The van der Waals surface area contributed by atoms with Crippen molar-refractivity contribution in [1.82, 2.24) is 10.6 Å². The molecule has 1 aromatic rings. The summed E-state index contributed by atoms with van der Waals surface area (Å²) in [5.41, 5.74) is 0.830. The third kappa shape index (κ3) is 8.65. The van der Waals surface area contributed by atoms with Crippen LogP contribution < -0.4 is 10.6 Å². The molecule has 1 rings (SSSR count). The average Bonchev–Trinajstić information content (AvgIpc) is 2.59. The van der Waals surface area contributed by atoms with E-state index in [2.05, 4.69) is 24.5 Å². The van der Waals surface area contributed by atoms with Crippen LogP contribution in [0.2, 0.25) is 0 Å². The van der Waals surface area contributed by atoms with Crippen LogP contribution in [0.4, 0.5) is 4.39 Å². The van der Waals surface area contributed by atoms with E-state index in [4.69, 9.17) is 0 Å². The van der Waals surface area contributed by atoms with Gasteiger partial charge in [-0.25, -0.2) is 4.39 Å². The molecule has 0 aliphatic heterocycles. The second-order valence-electron chi connectivity index (χ2n) is 6.12. The Balaban J connectivity index is 2.18. The Bertz CT molecular complexity index is 503. The summed E-state index contributed by atoms with van der Waals surface area (Å²) in [7, 11) is 0. The minimum atomic E-state index is -0.300. The van der Waals surface area contributed by atoms with E-state index in [-0.39, 0.29) is 30.5 Å². The van der Waals surface area contributed by atoms with Gasteiger partial charge < -0.3 is 10.6 Å². The smallest absolute Gasteiger partial charge is 0.220 e. The van der Waals surface area contributed by atoms with E-state index in [1.807, 2.05) is 0 Å². The predicted octanol–water partition coefficient (Wildman–Crippen LogP) is 3.55. The van der Waals surface area contributed by atoms with Gasteiger partial charge in [-0.1, -0.05) is 45.2 Å². The van der Waals surface area contributed by atoms with Crippen molar-refractivity contribution >= 4 is 11.8 Å². The molecule has 5 heteroatoms. The number of carbonyl (C=O) groups is 2. The summed E-state index contributed by atoms with van der Waals surface area (Å²) < 4.78 is 12.8. The van der Waals surface area contributed by atoms with E-state index in [0.717, 1.165) is 18.4 Å². The van der Waals surface area contributed by atoms with Crippen molar-refractivity contribution in [1.29, 1.82) is 0 Å². The molecule has 2 amide bonds. The Kier molecular flexibility index (Phi) is 9.73. The second kappa shape index (κ2) is 11.6. The van der Waals surface area contributed by atoms with Crippen LogP contribution in [0.5, 0.6) is 0 Å². The van der Waals surface area contributed by atoms with Gasteiger partial charge in [-0.15, -0.1) is 0 Å². The van der Waals surface area contributed by atoms with Gasteiger partial charge in [0.05, 0.1) is 0 Å². The van der Waals surface area contributed by atoms with Crippen molar-refractivity contribution in [3.8, 4) is 0 Å². The Morgan fingerprint density at radius 2 is 1.67 bits per heavy atom. The minimum Gasteiger partial charge on any atom is -0.356 e. The van der Waals surface area contributed by atoms with Crippen LogP contribution in [0, 0.1) is 11.7 Å². The van der Waals surface area contributed by atoms with Crippen molar-refractivity contribution in [2.75, 3.05) is 6.54 Å². The monoisotopic (exact) mass is 336 g/mol. The molecule has 134 valence electrons. The van der Waals surface area contributed by atoms with Crippen LogP contribution in [0.1, 0.15) is 57.9 Å². The van der Waals surface area contributed by atoms with Crippen molar-refractivity contribution in [3.63, 3.8) is 0 Å². The third-order valence-electron chi connectivity index (χ3n) is 4.11. The average molecular weight is 336 g/mol. The van der Waals surface area contributed by atoms with Gasteiger partial charge in [-0.3, -0.25) is 9.59 Å². The molecule has 0 fully saturated rings. The van der Waals surface area contributed by atoms with E-state index in [0.29, 0.717) is 19.0 Å². The topological polar surface area (TPSA) is 58.2 Å². The van der Waals surface area contributed by atoms with Gasteiger partial charge in [0.25, 0.3) is 0 Å². The fraction of sp³-hybridized carbons (Fsp3) is 0.579. The van der Waals surface area contributed by atoms with Gasteiger partial charge >= 0.3 is 0 Å². The SMILES string of the molecule is CCCC[C@H](CC)CNC(=O)CCC(=O)NCc1ccc(F)cc1. The number of rotatable bonds is 11. The van der Waals surface area contributed by atoms with Crippen LogP contribution in [-0.2, 0) is 16.1 Å². The minimum absolute atomic E-state index is 0.0816. The molecule has 4 nitrogen and oxygen atoms in total. The number of benzene rings is 1. The zero-order valence-corrected chi connectivity index (χ0v) is 14.7. The third-order valence-corrected chi connectivity index (χ3v) is 4.11. The van der Waals surface area contributed by atoms with Crippen molar-refractivity contribution in [2.24, 2.45) is 5.92 Å². The molecule has 1 atom stereocenters. The number of unbranched alkanes of at least 4 members (excludes halogenated alkanes) is 1. The van der Waals surface area contributed by atoms with Gasteiger partial charge in [0.1, 0.15) is 5.82 Å². The molecular weight excluding hydrogens is 307 g/mol. The zero-order chi connectivity index (χ0) is 17.8. The van der Waals surface area contributed by atoms with Crippen LogP contribution in [-0.4, -0.2) is 18.4 Å². The first kappa shape index (κ1) is 20.1. The highest BCUT2D eigenvalue weighted by Gasteiger charge is 2.10. The fourth-order valence-corrected chi connectivity index (χ4v) is 2.41. The maximum absolute atomic E-state index is 12.8. The molecule has 2 N–H and O–H groups in total. The molecule has 0 saturated carbocycles. The summed E-state index contributed by atoms with van der Waals surface area (Å²) in [6, 6.07) is 5.97. The number of amides is 2. The van der Waals surface area contributed by atoms with E-state index >= 15 is 0 Å². The lowest BCUT2D eigenvalue weighted by Crippen LogP contribution is -2.31. The highest BCUT2D eigenvalue weighted by atomic mass is 19.1. The first-order valence-electron chi connectivity index (χ1n) is 8.83. The Morgan fingerprint density at radius 1 is 1.04 bits per heavy atom. The summed E-state index contributed by atoms with van der Waals surface area (Å²) in [6.07, 6.45) is 4.89. The highest BCUT2D eigenvalue weighted by molar-refractivity contribution is 5.83. The largest absolute Gasteiger partial charge is 0.356 e. The Labute approximate surface area is 144 Å². The number of hydrogen-bond donors (Lipinski definition) is 2. The first-order valence-corrected chi connectivity index (χ1v) is 8.83. The number of hydrogen-bond acceptors (Lipinski definition) is 2. The van der Waals surface area contributed by atoms with Gasteiger partial charge in [0, 0.05) is 25.9 Å². The zero-order valence-electron chi connectivity index (χ0n) is 14.7. The van der Waals surface area contributed by atoms with Gasteiger partial charge in [0.2, 0.25) is 11.8 Å². The lowest BCUT2D eigenvalue weighted by molar-refractivity contribution is -0.126. The van der Waals surface area contributed by atoms with Crippen molar-refractivity contribution < 1.29 is 14.0 Å². The quantitative estimate of drug-likeness (QED) is 0.649. The molecule has 0 heterocycles. The summed E-state index contributed by atoms with van der Waals surface area (Å²) in [6.45, 7) is 5.33. The number of nitrogens with one attached hydrogen (secondary N) is 2. The standard InChI is InChI=1S/C19H29FN2O2/c1-3-5-6-15(4-2)13-21-18(23)11-12-19(24)22-14-16-7-9-17(20)10-8-16/h7-10,15H,3-6,11-14H2,1-2H3,(H,21,23)(H,22,24)/t15-/m0/s1. The second-order valence-corrected chi connectivity index (χ2v) is 6.12. The molecule has 0 unspecified atom stereocenters. The normalized spacial score (nSPS) is 11.8. The molecule has 0 aliphatic carbocycles. The van der Waals surface area contributed by atoms with Crippen LogP contribution in [0.25, 0.3) is 0 Å². The maximum atomic E-state index is 12.8. The lowest BCUT2D eigenvalue weighted by Gasteiger charge is -2.15.